The Bertz CT molecular complexity index is 348. The SMILES string of the molecule is CCC1(NC(=O)N2C[C@H](O)C[C@H]2C(=O)O)CCC1. The lowest BCUT2D eigenvalue weighted by atomic mass is 9.75. The van der Waals surface area contributed by atoms with Gasteiger partial charge >= 0.3 is 12.0 Å². The summed E-state index contributed by atoms with van der Waals surface area (Å²) in [4.78, 5) is 24.4. The predicted molar refractivity (Wildman–Crippen MR) is 64.2 cm³/mol. The van der Waals surface area contributed by atoms with E-state index in [0.717, 1.165) is 25.7 Å². The van der Waals surface area contributed by atoms with Crippen LogP contribution in [0.3, 0.4) is 0 Å². The monoisotopic (exact) mass is 256 g/mol. The van der Waals surface area contributed by atoms with E-state index in [9.17, 15) is 14.7 Å². The Morgan fingerprint density at radius 1 is 1.44 bits per heavy atom. The smallest absolute Gasteiger partial charge is 0.326 e. The molecule has 2 aliphatic rings. The molecule has 1 saturated carbocycles. The van der Waals surface area contributed by atoms with Gasteiger partial charge in [-0.2, -0.15) is 0 Å². The van der Waals surface area contributed by atoms with E-state index in [2.05, 4.69) is 5.32 Å². The lowest BCUT2D eigenvalue weighted by molar-refractivity contribution is -0.141. The third kappa shape index (κ3) is 2.29. The van der Waals surface area contributed by atoms with Crippen LogP contribution in [0.4, 0.5) is 4.79 Å². The minimum atomic E-state index is -1.05. The van der Waals surface area contributed by atoms with E-state index in [-0.39, 0.29) is 24.5 Å². The summed E-state index contributed by atoms with van der Waals surface area (Å²) in [6.07, 6.45) is 3.22. The molecular weight excluding hydrogens is 236 g/mol. The molecule has 18 heavy (non-hydrogen) atoms. The highest BCUT2D eigenvalue weighted by Gasteiger charge is 2.43. The Labute approximate surface area is 106 Å². The number of carbonyl (C=O) groups is 2. The fraction of sp³-hybridized carbons (Fsp3) is 0.833. The van der Waals surface area contributed by atoms with Gasteiger partial charge in [-0.05, 0) is 25.7 Å². The number of carbonyl (C=O) groups excluding carboxylic acids is 1. The zero-order valence-electron chi connectivity index (χ0n) is 10.6. The van der Waals surface area contributed by atoms with Crippen LogP contribution in [-0.4, -0.2) is 51.3 Å². The predicted octanol–water partition coefficient (Wildman–Crippen LogP) is 0.548. The number of likely N-dealkylation sites (tertiary alicyclic amines) is 1. The fourth-order valence-electron chi connectivity index (χ4n) is 2.74. The number of nitrogens with one attached hydrogen (secondary N) is 1. The molecule has 2 amide bonds. The average molecular weight is 256 g/mol. The highest BCUT2D eigenvalue weighted by molar-refractivity contribution is 5.84. The molecule has 6 heteroatoms. The third-order valence-corrected chi connectivity index (χ3v) is 4.18. The number of hydrogen-bond donors (Lipinski definition) is 3. The van der Waals surface area contributed by atoms with Gasteiger partial charge in [0, 0.05) is 18.5 Å². The maximum absolute atomic E-state index is 12.1. The van der Waals surface area contributed by atoms with E-state index in [0.29, 0.717) is 0 Å². The minimum Gasteiger partial charge on any atom is -0.480 e. The average Bonchev–Trinajstić information content (AvgIpc) is 2.66. The zero-order chi connectivity index (χ0) is 13.3. The first-order chi connectivity index (χ1) is 8.47. The van der Waals surface area contributed by atoms with Crippen molar-refractivity contribution in [2.75, 3.05) is 6.54 Å². The molecular formula is C12H20N2O4. The van der Waals surface area contributed by atoms with Gasteiger partial charge < -0.3 is 20.4 Å². The molecule has 0 aromatic heterocycles. The molecule has 1 aliphatic carbocycles. The number of nitrogens with zero attached hydrogens (tertiary/aromatic N) is 1. The second-order valence-corrected chi connectivity index (χ2v) is 5.31. The topological polar surface area (TPSA) is 89.9 Å². The van der Waals surface area contributed by atoms with Gasteiger partial charge in [0.1, 0.15) is 6.04 Å². The quantitative estimate of drug-likeness (QED) is 0.687. The van der Waals surface area contributed by atoms with Crippen molar-refractivity contribution < 1.29 is 19.8 Å². The van der Waals surface area contributed by atoms with Gasteiger partial charge in [0.15, 0.2) is 0 Å². The maximum atomic E-state index is 12.1. The van der Waals surface area contributed by atoms with Crippen molar-refractivity contribution in [3.05, 3.63) is 0 Å². The van der Waals surface area contributed by atoms with Crippen molar-refractivity contribution in [3.63, 3.8) is 0 Å². The molecule has 0 radical (unpaired) electrons. The number of carboxylic acid groups (broad SMARTS) is 1. The summed E-state index contributed by atoms with van der Waals surface area (Å²) in [6, 6.07) is -1.27. The van der Waals surface area contributed by atoms with E-state index >= 15 is 0 Å². The van der Waals surface area contributed by atoms with Gasteiger partial charge in [0.25, 0.3) is 0 Å². The first kappa shape index (κ1) is 13.1. The number of aliphatic carboxylic acids is 1. The Balaban J connectivity index is 2.01. The molecule has 6 nitrogen and oxygen atoms in total. The number of carboxylic acids is 1. The van der Waals surface area contributed by atoms with Gasteiger partial charge in [-0.15, -0.1) is 0 Å². The molecule has 0 aromatic carbocycles. The highest BCUT2D eigenvalue weighted by atomic mass is 16.4. The number of rotatable bonds is 3. The van der Waals surface area contributed by atoms with Crippen LogP contribution in [-0.2, 0) is 4.79 Å². The molecule has 102 valence electrons. The van der Waals surface area contributed by atoms with Crippen LogP contribution in [0, 0.1) is 0 Å². The molecule has 2 atom stereocenters. The largest absolute Gasteiger partial charge is 0.480 e. The van der Waals surface area contributed by atoms with Gasteiger partial charge in [0.05, 0.1) is 6.10 Å². The summed E-state index contributed by atoms with van der Waals surface area (Å²) >= 11 is 0. The van der Waals surface area contributed by atoms with E-state index in [4.69, 9.17) is 5.11 Å². The molecule has 0 bridgehead atoms. The van der Waals surface area contributed by atoms with Crippen LogP contribution >= 0.6 is 0 Å². The fourth-order valence-corrected chi connectivity index (χ4v) is 2.74. The van der Waals surface area contributed by atoms with Crippen LogP contribution < -0.4 is 5.32 Å². The number of aliphatic hydroxyl groups excluding tert-OH is 1. The summed E-state index contributed by atoms with van der Waals surface area (Å²) in [6.45, 7) is 2.12. The lowest BCUT2D eigenvalue weighted by Crippen LogP contribution is -2.58. The van der Waals surface area contributed by atoms with E-state index in [1.165, 1.54) is 4.90 Å². The van der Waals surface area contributed by atoms with Crippen molar-refractivity contribution in [1.29, 1.82) is 0 Å². The van der Waals surface area contributed by atoms with Crippen molar-refractivity contribution in [2.45, 2.75) is 56.7 Å². The van der Waals surface area contributed by atoms with Crippen LogP contribution in [0.2, 0.25) is 0 Å². The first-order valence-electron chi connectivity index (χ1n) is 6.47. The van der Waals surface area contributed by atoms with Crippen LogP contribution in [0.25, 0.3) is 0 Å². The van der Waals surface area contributed by atoms with Crippen molar-refractivity contribution in [2.24, 2.45) is 0 Å². The van der Waals surface area contributed by atoms with Gasteiger partial charge in [-0.25, -0.2) is 9.59 Å². The summed E-state index contributed by atoms with van der Waals surface area (Å²) in [7, 11) is 0. The van der Waals surface area contributed by atoms with Gasteiger partial charge in [-0.1, -0.05) is 6.92 Å². The van der Waals surface area contributed by atoms with Gasteiger partial charge in [-0.3, -0.25) is 0 Å². The Morgan fingerprint density at radius 2 is 2.11 bits per heavy atom. The van der Waals surface area contributed by atoms with Crippen molar-refractivity contribution in [1.82, 2.24) is 10.2 Å². The first-order valence-corrected chi connectivity index (χ1v) is 6.47. The zero-order valence-corrected chi connectivity index (χ0v) is 10.6. The number of β-amino-alcohol motifs (C(OH)–C–C–N with tert-alkyl or cyclic N) is 1. The van der Waals surface area contributed by atoms with E-state index < -0.39 is 18.1 Å². The summed E-state index contributed by atoms with van der Waals surface area (Å²) in [5.74, 6) is -1.05. The molecule has 1 aliphatic heterocycles. The van der Waals surface area contributed by atoms with Crippen LogP contribution in [0.5, 0.6) is 0 Å². The normalized spacial score (nSPS) is 29.8. The van der Waals surface area contributed by atoms with Crippen LogP contribution in [0.15, 0.2) is 0 Å². The second kappa shape index (κ2) is 4.76. The summed E-state index contributed by atoms with van der Waals surface area (Å²) < 4.78 is 0. The second-order valence-electron chi connectivity index (χ2n) is 5.31. The molecule has 1 saturated heterocycles. The Kier molecular flexibility index (Phi) is 3.47. The third-order valence-electron chi connectivity index (χ3n) is 4.18. The Morgan fingerprint density at radius 3 is 2.56 bits per heavy atom. The van der Waals surface area contributed by atoms with Gasteiger partial charge in [0.2, 0.25) is 0 Å². The Hall–Kier alpha value is -1.30. The molecule has 1 heterocycles. The van der Waals surface area contributed by atoms with E-state index in [1.54, 1.807) is 0 Å². The number of aliphatic hydroxyl groups is 1. The minimum absolute atomic E-state index is 0.0998. The van der Waals surface area contributed by atoms with Crippen molar-refractivity contribution >= 4 is 12.0 Å². The van der Waals surface area contributed by atoms with Crippen LogP contribution in [0.1, 0.15) is 39.0 Å². The lowest BCUT2D eigenvalue weighted by Gasteiger charge is -2.43. The molecule has 0 spiro atoms. The molecule has 3 N–H and O–H groups in total. The molecule has 0 unspecified atom stereocenters. The molecule has 2 fully saturated rings. The maximum Gasteiger partial charge on any atom is 0.326 e. The highest BCUT2D eigenvalue weighted by Crippen LogP contribution is 2.35. The number of hydrogen-bond acceptors (Lipinski definition) is 3. The molecule has 0 aromatic rings. The van der Waals surface area contributed by atoms with E-state index in [1.807, 2.05) is 6.92 Å². The molecule has 2 rings (SSSR count). The number of amides is 2. The standard InChI is InChI=1S/C12H20N2O4/c1-2-12(4-3-5-12)13-11(18)14-7-8(15)6-9(14)10(16)17/h8-9,15H,2-7H2,1H3,(H,13,18)(H,16,17)/t8-,9+/m1/s1. The van der Waals surface area contributed by atoms with Crippen molar-refractivity contribution in [3.8, 4) is 0 Å². The summed E-state index contributed by atoms with van der Waals surface area (Å²) in [5.41, 5.74) is -0.159. The number of urea groups is 1. The summed E-state index contributed by atoms with van der Waals surface area (Å²) in [5, 5.41) is 21.5.